The lowest BCUT2D eigenvalue weighted by Crippen LogP contribution is -2.45. The van der Waals surface area contributed by atoms with Crippen LogP contribution >= 0.6 is 0 Å². The molecule has 1 heterocycles. The summed E-state index contributed by atoms with van der Waals surface area (Å²) in [6.45, 7) is 0.520. The van der Waals surface area contributed by atoms with Crippen LogP contribution in [-0.2, 0) is 14.6 Å². The van der Waals surface area contributed by atoms with E-state index in [-0.39, 0.29) is 17.7 Å². The zero-order valence-corrected chi connectivity index (χ0v) is 11.4. The van der Waals surface area contributed by atoms with Crippen molar-refractivity contribution in [1.82, 2.24) is 5.32 Å². The third-order valence-electron chi connectivity index (χ3n) is 4.13. The van der Waals surface area contributed by atoms with Gasteiger partial charge in [-0.05, 0) is 31.6 Å². The molecule has 0 spiro atoms. The normalized spacial score (nSPS) is 35.3. The highest BCUT2D eigenvalue weighted by atomic mass is 32.2. The molecule has 3 unspecified atom stereocenters. The average molecular weight is 274 g/mol. The van der Waals surface area contributed by atoms with E-state index in [0.717, 1.165) is 25.7 Å². The van der Waals surface area contributed by atoms with Crippen LogP contribution in [-0.4, -0.2) is 37.9 Å². The molecule has 0 bridgehead atoms. The van der Waals surface area contributed by atoms with Gasteiger partial charge in [0, 0.05) is 12.6 Å². The molecule has 6 heteroatoms. The quantitative estimate of drug-likeness (QED) is 0.769. The first-order valence-corrected chi connectivity index (χ1v) is 8.47. The molecule has 1 saturated heterocycles. The van der Waals surface area contributed by atoms with Crippen molar-refractivity contribution in [1.29, 1.82) is 0 Å². The van der Waals surface area contributed by atoms with Gasteiger partial charge >= 0.3 is 0 Å². The van der Waals surface area contributed by atoms with E-state index in [2.05, 4.69) is 5.32 Å². The minimum absolute atomic E-state index is 0.147. The maximum absolute atomic E-state index is 11.9. The standard InChI is InChI=1S/C12H22N2O3S/c13-10-5-3-4-9(10)8-14-12(15)11-6-1-2-7-18(11,16)17/h9-11H,1-8,13H2,(H,14,15). The summed E-state index contributed by atoms with van der Waals surface area (Å²) in [6, 6.07) is 0.147. The van der Waals surface area contributed by atoms with Crippen LogP contribution in [0.1, 0.15) is 38.5 Å². The molecule has 0 aromatic carbocycles. The van der Waals surface area contributed by atoms with Crippen LogP contribution in [0.3, 0.4) is 0 Å². The SMILES string of the molecule is NC1CCCC1CNC(=O)C1CCCCS1(=O)=O. The molecule has 2 fully saturated rings. The Bertz CT molecular complexity index is 408. The van der Waals surface area contributed by atoms with Gasteiger partial charge in [0.1, 0.15) is 5.25 Å². The molecule has 0 aromatic rings. The first-order valence-electron chi connectivity index (χ1n) is 6.75. The summed E-state index contributed by atoms with van der Waals surface area (Å²) in [6.07, 6.45) is 5.09. The zero-order chi connectivity index (χ0) is 13.2. The van der Waals surface area contributed by atoms with Gasteiger partial charge in [-0.2, -0.15) is 0 Å². The van der Waals surface area contributed by atoms with E-state index in [9.17, 15) is 13.2 Å². The third kappa shape index (κ3) is 3.03. The van der Waals surface area contributed by atoms with Gasteiger partial charge in [-0.3, -0.25) is 4.79 Å². The lowest BCUT2D eigenvalue weighted by molar-refractivity contribution is -0.121. The Kier molecular flexibility index (Phi) is 4.27. The predicted octanol–water partition coefficient (Wildman–Crippen LogP) is 0.197. The van der Waals surface area contributed by atoms with Gasteiger partial charge in [0.25, 0.3) is 0 Å². The van der Waals surface area contributed by atoms with Gasteiger partial charge in [-0.25, -0.2) is 8.42 Å². The summed E-state index contributed by atoms with van der Waals surface area (Å²) in [5.41, 5.74) is 5.93. The molecule has 1 saturated carbocycles. The molecule has 1 aliphatic heterocycles. The highest BCUT2D eigenvalue weighted by Crippen LogP contribution is 2.24. The van der Waals surface area contributed by atoms with Gasteiger partial charge in [0.15, 0.2) is 9.84 Å². The van der Waals surface area contributed by atoms with Gasteiger partial charge in [0.05, 0.1) is 5.75 Å². The third-order valence-corrected chi connectivity index (χ3v) is 6.30. The fraction of sp³-hybridized carbons (Fsp3) is 0.917. The van der Waals surface area contributed by atoms with Crippen LogP contribution < -0.4 is 11.1 Å². The summed E-state index contributed by atoms with van der Waals surface area (Å²) in [7, 11) is -3.23. The van der Waals surface area contributed by atoms with E-state index in [1.807, 2.05) is 0 Å². The molecule has 2 rings (SSSR count). The largest absolute Gasteiger partial charge is 0.355 e. The first-order chi connectivity index (χ1) is 8.50. The molecule has 0 aromatic heterocycles. The Morgan fingerprint density at radius 1 is 1.17 bits per heavy atom. The van der Waals surface area contributed by atoms with E-state index in [1.165, 1.54) is 0 Å². The van der Waals surface area contributed by atoms with Gasteiger partial charge in [-0.15, -0.1) is 0 Å². The lowest BCUT2D eigenvalue weighted by atomic mass is 10.0. The Morgan fingerprint density at radius 2 is 1.94 bits per heavy atom. The Morgan fingerprint density at radius 3 is 2.56 bits per heavy atom. The second kappa shape index (κ2) is 5.57. The van der Waals surface area contributed by atoms with E-state index >= 15 is 0 Å². The molecular formula is C12H22N2O3S. The van der Waals surface area contributed by atoms with Crippen molar-refractivity contribution in [3.63, 3.8) is 0 Å². The van der Waals surface area contributed by atoms with E-state index in [0.29, 0.717) is 25.3 Å². The van der Waals surface area contributed by atoms with Crippen LogP contribution in [0.2, 0.25) is 0 Å². The summed E-state index contributed by atoms with van der Waals surface area (Å²) in [5.74, 6) is 0.127. The molecule has 5 nitrogen and oxygen atoms in total. The summed E-state index contributed by atoms with van der Waals surface area (Å²) < 4.78 is 23.6. The smallest absolute Gasteiger partial charge is 0.238 e. The van der Waals surface area contributed by atoms with Crippen molar-refractivity contribution in [3.05, 3.63) is 0 Å². The fourth-order valence-corrected chi connectivity index (χ4v) is 4.74. The lowest BCUT2D eigenvalue weighted by Gasteiger charge is -2.23. The van der Waals surface area contributed by atoms with Crippen molar-refractivity contribution in [3.8, 4) is 0 Å². The Balaban J connectivity index is 1.87. The van der Waals surface area contributed by atoms with Gasteiger partial charge < -0.3 is 11.1 Å². The molecule has 104 valence electrons. The van der Waals surface area contributed by atoms with Crippen LogP contribution in [0.4, 0.5) is 0 Å². The van der Waals surface area contributed by atoms with Crippen molar-refractivity contribution in [2.24, 2.45) is 11.7 Å². The van der Waals surface area contributed by atoms with Crippen molar-refractivity contribution < 1.29 is 13.2 Å². The molecule has 3 N–H and O–H groups in total. The molecule has 1 aliphatic carbocycles. The number of carbonyl (C=O) groups is 1. The van der Waals surface area contributed by atoms with E-state index in [1.54, 1.807) is 0 Å². The van der Waals surface area contributed by atoms with Crippen molar-refractivity contribution >= 4 is 15.7 Å². The van der Waals surface area contributed by atoms with Crippen molar-refractivity contribution in [2.45, 2.75) is 49.8 Å². The number of carbonyl (C=O) groups excluding carboxylic acids is 1. The summed E-state index contributed by atoms with van der Waals surface area (Å²) in [4.78, 5) is 11.9. The van der Waals surface area contributed by atoms with Crippen LogP contribution in [0.5, 0.6) is 0 Å². The summed E-state index contributed by atoms with van der Waals surface area (Å²) >= 11 is 0. The van der Waals surface area contributed by atoms with Gasteiger partial charge in [-0.1, -0.05) is 12.8 Å². The zero-order valence-electron chi connectivity index (χ0n) is 10.6. The Hall–Kier alpha value is -0.620. The number of amides is 1. The topological polar surface area (TPSA) is 89.3 Å². The highest BCUT2D eigenvalue weighted by Gasteiger charge is 2.35. The number of nitrogens with two attached hydrogens (primary N) is 1. The predicted molar refractivity (Wildman–Crippen MR) is 69.8 cm³/mol. The van der Waals surface area contributed by atoms with Crippen LogP contribution in [0, 0.1) is 5.92 Å². The molecule has 3 atom stereocenters. The summed E-state index contributed by atoms with van der Waals surface area (Å²) in [5, 5.41) is 1.95. The van der Waals surface area contributed by atoms with Crippen LogP contribution in [0.15, 0.2) is 0 Å². The minimum atomic E-state index is -3.23. The average Bonchev–Trinajstić information content (AvgIpc) is 2.71. The molecule has 1 amide bonds. The number of hydrogen-bond donors (Lipinski definition) is 2. The highest BCUT2D eigenvalue weighted by molar-refractivity contribution is 7.92. The number of sulfone groups is 1. The molecule has 0 radical (unpaired) electrons. The Labute approximate surface area is 108 Å². The molecular weight excluding hydrogens is 252 g/mol. The van der Waals surface area contributed by atoms with Gasteiger partial charge in [0.2, 0.25) is 5.91 Å². The second-order valence-electron chi connectivity index (χ2n) is 5.45. The van der Waals surface area contributed by atoms with Crippen molar-refractivity contribution in [2.75, 3.05) is 12.3 Å². The maximum atomic E-state index is 11.9. The number of nitrogens with one attached hydrogen (secondary N) is 1. The molecule has 18 heavy (non-hydrogen) atoms. The van der Waals surface area contributed by atoms with Crippen LogP contribution in [0.25, 0.3) is 0 Å². The monoisotopic (exact) mass is 274 g/mol. The fourth-order valence-electron chi connectivity index (χ4n) is 2.91. The maximum Gasteiger partial charge on any atom is 0.238 e. The van der Waals surface area contributed by atoms with E-state index in [4.69, 9.17) is 5.73 Å². The minimum Gasteiger partial charge on any atom is -0.355 e. The molecule has 2 aliphatic rings. The number of hydrogen-bond acceptors (Lipinski definition) is 4. The first kappa shape index (κ1) is 13.8. The number of rotatable bonds is 3. The van der Waals surface area contributed by atoms with E-state index < -0.39 is 15.1 Å². The second-order valence-corrected chi connectivity index (χ2v) is 7.75.